The number of nitrogens with zero attached hydrogens (tertiary/aromatic N) is 1. The Balaban J connectivity index is 1.89. The van der Waals surface area contributed by atoms with E-state index < -0.39 is 0 Å². The maximum Gasteiger partial charge on any atom is 0.271 e. The van der Waals surface area contributed by atoms with Gasteiger partial charge in [-0.05, 0) is 35.7 Å². The summed E-state index contributed by atoms with van der Waals surface area (Å²) < 4.78 is 0. The molecule has 0 atom stereocenters. The second-order valence-corrected chi connectivity index (χ2v) is 5.83. The number of anilines is 1. The van der Waals surface area contributed by atoms with Crippen LogP contribution in [0.25, 0.3) is 0 Å². The maximum absolute atomic E-state index is 12.0. The molecule has 5 nitrogen and oxygen atoms in total. The minimum Gasteiger partial charge on any atom is -0.326 e. The van der Waals surface area contributed by atoms with Crippen molar-refractivity contribution in [2.75, 3.05) is 5.32 Å². The maximum atomic E-state index is 12.0. The van der Waals surface area contributed by atoms with E-state index in [1.165, 1.54) is 0 Å². The Labute approximate surface area is 141 Å². The van der Waals surface area contributed by atoms with Crippen LogP contribution in [0, 0.1) is 5.92 Å². The van der Waals surface area contributed by atoms with Crippen molar-refractivity contribution < 1.29 is 9.59 Å². The van der Waals surface area contributed by atoms with Gasteiger partial charge in [0.05, 0.1) is 6.21 Å². The first-order chi connectivity index (χ1) is 11.5. The van der Waals surface area contributed by atoms with Gasteiger partial charge in [0, 0.05) is 17.7 Å². The Bertz CT molecular complexity index is 707. The van der Waals surface area contributed by atoms with Gasteiger partial charge >= 0.3 is 0 Å². The first-order valence-corrected chi connectivity index (χ1v) is 7.83. The molecule has 0 saturated carbocycles. The number of nitrogens with one attached hydrogen (secondary N) is 2. The number of amides is 2. The number of hydrogen-bond donors (Lipinski definition) is 2. The number of carbonyl (C=O) groups is 2. The average Bonchev–Trinajstić information content (AvgIpc) is 2.55. The van der Waals surface area contributed by atoms with Crippen molar-refractivity contribution >= 4 is 23.7 Å². The van der Waals surface area contributed by atoms with Crippen molar-refractivity contribution in [3.05, 3.63) is 65.7 Å². The van der Waals surface area contributed by atoms with Crippen molar-refractivity contribution in [2.24, 2.45) is 11.0 Å². The van der Waals surface area contributed by atoms with E-state index in [0.29, 0.717) is 23.6 Å². The van der Waals surface area contributed by atoms with Crippen molar-refractivity contribution in [3.8, 4) is 0 Å². The smallest absolute Gasteiger partial charge is 0.271 e. The minimum absolute atomic E-state index is 0.0327. The highest BCUT2D eigenvalue weighted by molar-refractivity contribution is 5.96. The predicted molar refractivity (Wildman–Crippen MR) is 96.0 cm³/mol. The van der Waals surface area contributed by atoms with Gasteiger partial charge in [0.15, 0.2) is 0 Å². The molecule has 0 bridgehead atoms. The highest BCUT2D eigenvalue weighted by Crippen LogP contribution is 2.11. The number of hydrogen-bond acceptors (Lipinski definition) is 3. The molecule has 0 unspecified atom stereocenters. The van der Waals surface area contributed by atoms with Crippen LogP contribution in [0.5, 0.6) is 0 Å². The normalized spacial score (nSPS) is 10.8. The fourth-order valence-electron chi connectivity index (χ4n) is 2.06. The summed E-state index contributed by atoms with van der Waals surface area (Å²) in [5.41, 5.74) is 4.53. The standard InChI is InChI=1S/C19H21N3O2/c1-14(2)12-18(23)21-17-10-8-16(9-11-17)19(24)22-20-13-15-6-4-3-5-7-15/h3-11,13-14H,12H2,1-2H3,(H,21,23)(H,22,24)/b20-13+. The SMILES string of the molecule is CC(C)CC(=O)Nc1ccc(C(=O)N/N=C/c2ccccc2)cc1. The second-order valence-electron chi connectivity index (χ2n) is 5.83. The minimum atomic E-state index is -0.303. The third kappa shape index (κ3) is 5.68. The van der Waals surface area contributed by atoms with Crippen LogP contribution in [-0.4, -0.2) is 18.0 Å². The van der Waals surface area contributed by atoms with Gasteiger partial charge in [-0.15, -0.1) is 0 Å². The lowest BCUT2D eigenvalue weighted by atomic mass is 10.1. The fourth-order valence-corrected chi connectivity index (χ4v) is 2.06. The van der Waals surface area contributed by atoms with Gasteiger partial charge in [0.1, 0.15) is 0 Å². The molecule has 124 valence electrons. The molecule has 0 spiro atoms. The van der Waals surface area contributed by atoms with Crippen molar-refractivity contribution in [1.82, 2.24) is 5.43 Å². The summed E-state index contributed by atoms with van der Waals surface area (Å²) in [6.45, 7) is 3.98. The highest BCUT2D eigenvalue weighted by atomic mass is 16.2. The third-order valence-corrected chi connectivity index (χ3v) is 3.20. The second kappa shape index (κ2) is 8.62. The molecular weight excluding hydrogens is 302 g/mol. The topological polar surface area (TPSA) is 70.6 Å². The van der Waals surface area contributed by atoms with E-state index in [2.05, 4.69) is 15.8 Å². The summed E-state index contributed by atoms with van der Waals surface area (Å²) in [4.78, 5) is 23.7. The average molecular weight is 323 g/mol. The Hall–Kier alpha value is -2.95. The van der Waals surface area contributed by atoms with E-state index >= 15 is 0 Å². The summed E-state index contributed by atoms with van der Waals surface area (Å²) in [6, 6.07) is 16.2. The van der Waals surface area contributed by atoms with Gasteiger partial charge in [0.2, 0.25) is 5.91 Å². The molecule has 0 fully saturated rings. The van der Waals surface area contributed by atoms with E-state index in [1.807, 2.05) is 44.2 Å². The Kier molecular flexibility index (Phi) is 6.25. The van der Waals surface area contributed by atoms with Crippen molar-refractivity contribution in [1.29, 1.82) is 0 Å². The Morgan fingerprint density at radius 3 is 2.33 bits per heavy atom. The van der Waals surface area contributed by atoms with Crippen LogP contribution >= 0.6 is 0 Å². The molecule has 0 heterocycles. The summed E-state index contributed by atoms with van der Waals surface area (Å²) in [5, 5.41) is 6.73. The molecule has 0 aliphatic carbocycles. The zero-order valence-electron chi connectivity index (χ0n) is 13.8. The third-order valence-electron chi connectivity index (χ3n) is 3.20. The molecule has 2 rings (SSSR count). The van der Waals surface area contributed by atoms with E-state index in [9.17, 15) is 9.59 Å². The van der Waals surface area contributed by atoms with E-state index in [-0.39, 0.29) is 11.8 Å². The molecule has 0 aliphatic rings. The molecule has 0 saturated heterocycles. The van der Waals surface area contributed by atoms with Gasteiger partial charge in [-0.1, -0.05) is 44.2 Å². The van der Waals surface area contributed by atoms with Crippen molar-refractivity contribution in [3.63, 3.8) is 0 Å². The molecule has 0 aromatic heterocycles. The van der Waals surface area contributed by atoms with Crippen LogP contribution in [0.15, 0.2) is 59.7 Å². The van der Waals surface area contributed by atoms with E-state index in [1.54, 1.807) is 30.5 Å². The van der Waals surface area contributed by atoms with E-state index in [0.717, 1.165) is 5.56 Å². The molecular formula is C19H21N3O2. The number of carbonyl (C=O) groups excluding carboxylic acids is 2. The molecule has 2 amide bonds. The first-order valence-electron chi connectivity index (χ1n) is 7.83. The molecule has 2 aromatic rings. The monoisotopic (exact) mass is 323 g/mol. The van der Waals surface area contributed by atoms with Crippen LogP contribution in [0.2, 0.25) is 0 Å². The van der Waals surface area contributed by atoms with Crippen LogP contribution in [0.3, 0.4) is 0 Å². The van der Waals surface area contributed by atoms with Crippen LogP contribution in [-0.2, 0) is 4.79 Å². The van der Waals surface area contributed by atoms with Crippen LogP contribution in [0.1, 0.15) is 36.2 Å². The lowest BCUT2D eigenvalue weighted by molar-refractivity contribution is -0.116. The molecule has 24 heavy (non-hydrogen) atoms. The fraction of sp³-hybridized carbons (Fsp3) is 0.211. The number of rotatable bonds is 6. The molecule has 0 radical (unpaired) electrons. The van der Waals surface area contributed by atoms with Gasteiger partial charge < -0.3 is 5.32 Å². The summed E-state index contributed by atoms with van der Waals surface area (Å²) in [5.74, 6) is -0.0329. The first kappa shape index (κ1) is 17.4. The summed E-state index contributed by atoms with van der Waals surface area (Å²) >= 11 is 0. The lowest BCUT2D eigenvalue weighted by Crippen LogP contribution is -2.18. The lowest BCUT2D eigenvalue weighted by Gasteiger charge is -2.07. The molecule has 0 aliphatic heterocycles. The largest absolute Gasteiger partial charge is 0.326 e. The number of benzene rings is 2. The highest BCUT2D eigenvalue weighted by Gasteiger charge is 2.07. The van der Waals surface area contributed by atoms with Gasteiger partial charge in [-0.25, -0.2) is 5.43 Å². The zero-order chi connectivity index (χ0) is 17.4. The number of hydrazone groups is 1. The summed E-state index contributed by atoms with van der Waals surface area (Å²) in [7, 11) is 0. The van der Waals surface area contributed by atoms with Crippen LogP contribution < -0.4 is 10.7 Å². The van der Waals surface area contributed by atoms with E-state index in [4.69, 9.17) is 0 Å². The molecule has 2 N–H and O–H groups in total. The zero-order valence-corrected chi connectivity index (χ0v) is 13.8. The van der Waals surface area contributed by atoms with Gasteiger partial charge in [-0.2, -0.15) is 5.10 Å². The Morgan fingerprint density at radius 1 is 1.04 bits per heavy atom. The van der Waals surface area contributed by atoms with Gasteiger partial charge in [0.25, 0.3) is 5.91 Å². The van der Waals surface area contributed by atoms with Crippen molar-refractivity contribution in [2.45, 2.75) is 20.3 Å². The quantitative estimate of drug-likeness (QED) is 0.631. The molecule has 2 aromatic carbocycles. The predicted octanol–water partition coefficient (Wildman–Crippen LogP) is 3.44. The van der Waals surface area contributed by atoms with Gasteiger partial charge in [-0.3, -0.25) is 9.59 Å². The Morgan fingerprint density at radius 2 is 1.71 bits per heavy atom. The van der Waals surface area contributed by atoms with Crippen LogP contribution in [0.4, 0.5) is 5.69 Å². The molecule has 5 heteroatoms. The summed E-state index contributed by atoms with van der Waals surface area (Å²) in [6.07, 6.45) is 2.05.